The Balaban J connectivity index is 1.68. The SMILES string of the molecule is COc1ccc(C(O)Cc2c(Cl)cncc2Cl)c2c1OC1(CCCCC1)C2. The lowest BCUT2D eigenvalue weighted by atomic mass is 9.80. The lowest BCUT2D eigenvalue weighted by Crippen LogP contribution is -2.36. The molecule has 1 atom stereocenters. The zero-order valence-electron chi connectivity index (χ0n) is 15.3. The molecule has 6 heteroatoms. The maximum Gasteiger partial charge on any atom is 0.165 e. The van der Waals surface area contributed by atoms with E-state index < -0.39 is 6.10 Å². The molecule has 1 fully saturated rings. The van der Waals surface area contributed by atoms with Crippen LogP contribution in [0.4, 0.5) is 0 Å². The van der Waals surface area contributed by atoms with Crippen LogP contribution in [0.3, 0.4) is 0 Å². The van der Waals surface area contributed by atoms with Gasteiger partial charge in [0.25, 0.3) is 0 Å². The number of benzene rings is 1. The quantitative estimate of drug-likeness (QED) is 0.745. The Morgan fingerprint density at radius 3 is 2.56 bits per heavy atom. The smallest absolute Gasteiger partial charge is 0.165 e. The molecular formula is C21H23Cl2NO3. The van der Waals surface area contributed by atoms with Gasteiger partial charge in [0, 0.05) is 30.8 Å². The largest absolute Gasteiger partial charge is 0.493 e. The highest BCUT2D eigenvalue weighted by molar-refractivity contribution is 6.35. The van der Waals surface area contributed by atoms with Crippen molar-refractivity contribution in [2.75, 3.05) is 7.11 Å². The molecule has 2 aliphatic rings. The molecule has 4 nitrogen and oxygen atoms in total. The number of aliphatic hydroxyl groups is 1. The van der Waals surface area contributed by atoms with E-state index in [1.165, 1.54) is 19.3 Å². The summed E-state index contributed by atoms with van der Waals surface area (Å²) in [6.07, 6.45) is 9.20. The van der Waals surface area contributed by atoms with E-state index in [-0.39, 0.29) is 5.60 Å². The predicted octanol–water partition coefficient (Wildman–Crippen LogP) is 5.31. The van der Waals surface area contributed by atoms with Gasteiger partial charge in [0.2, 0.25) is 0 Å². The van der Waals surface area contributed by atoms with E-state index in [1.54, 1.807) is 19.5 Å². The number of rotatable bonds is 4. The average Bonchev–Trinajstić information content (AvgIpc) is 3.02. The van der Waals surface area contributed by atoms with Crippen LogP contribution < -0.4 is 9.47 Å². The van der Waals surface area contributed by atoms with Crippen LogP contribution >= 0.6 is 23.2 Å². The van der Waals surface area contributed by atoms with Crippen molar-refractivity contribution in [3.05, 3.63) is 51.3 Å². The van der Waals surface area contributed by atoms with Crippen LogP contribution in [0.5, 0.6) is 11.5 Å². The second-order valence-corrected chi connectivity index (χ2v) is 8.30. The van der Waals surface area contributed by atoms with Crippen LogP contribution in [0.1, 0.15) is 54.9 Å². The van der Waals surface area contributed by atoms with E-state index >= 15 is 0 Å². The molecule has 0 saturated heterocycles. The molecule has 1 unspecified atom stereocenters. The zero-order chi connectivity index (χ0) is 19.0. The van der Waals surface area contributed by atoms with Gasteiger partial charge in [-0.3, -0.25) is 4.98 Å². The molecule has 0 bridgehead atoms. The Kier molecular flexibility index (Phi) is 5.23. The first-order valence-electron chi connectivity index (χ1n) is 9.38. The number of hydrogen-bond acceptors (Lipinski definition) is 4. The molecule has 27 heavy (non-hydrogen) atoms. The fraction of sp³-hybridized carbons (Fsp3) is 0.476. The molecule has 2 aromatic rings. The maximum absolute atomic E-state index is 11.0. The van der Waals surface area contributed by atoms with Crippen molar-refractivity contribution in [3.8, 4) is 11.5 Å². The summed E-state index contributed by atoms with van der Waals surface area (Å²) in [5, 5.41) is 11.9. The van der Waals surface area contributed by atoms with Gasteiger partial charge >= 0.3 is 0 Å². The van der Waals surface area contributed by atoms with Gasteiger partial charge in [-0.05, 0) is 42.9 Å². The third-order valence-electron chi connectivity index (χ3n) is 5.77. The summed E-state index contributed by atoms with van der Waals surface area (Å²) < 4.78 is 12.0. The van der Waals surface area contributed by atoms with Crippen LogP contribution in [0.15, 0.2) is 24.5 Å². The normalized spacial score (nSPS) is 18.8. The summed E-state index contributed by atoms with van der Waals surface area (Å²) in [5.41, 5.74) is 2.45. The first kappa shape index (κ1) is 18.9. The molecule has 2 heterocycles. The Morgan fingerprint density at radius 2 is 1.89 bits per heavy atom. The number of aliphatic hydroxyl groups excluding tert-OH is 1. The standard InChI is InChI=1S/C21H23Cl2NO3/c1-26-19-6-5-13(18(25)9-14-16(22)11-24-12-17(14)23)15-10-21(27-20(15)19)7-3-2-4-8-21/h5-6,11-12,18,25H,2-4,7-10H2,1H3. The van der Waals surface area contributed by atoms with Crippen LogP contribution in [-0.2, 0) is 12.8 Å². The fourth-order valence-corrected chi connectivity index (χ4v) is 4.89. The zero-order valence-corrected chi connectivity index (χ0v) is 16.8. The van der Waals surface area contributed by atoms with E-state index in [1.807, 2.05) is 12.1 Å². The van der Waals surface area contributed by atoms with Crippen molar-refractivity contribution in [2.45, 2.75) is 56.7 Å². The van der Waals surface area contributed by atoms with Crippen molar-refractivity contribution in [1.82, 2.24) is 4.98 Å². The van der Waals surface area contributed by atoms with Crippen LogP contribution in [0.2, 0.25) is 10.0 Å². The minimum atomic E-state index is -0.732. The Hall–Kier alpha value is -1.49. The average molecular weight is 408 g/mol. The molecule has 0 radical (unpaired) electrons. The van der Waals surface area contributed by atoms with E-state index in [0.717, 1.165) is 41.9 Å². The van der Waals surface area contributed by atoms with Gasteiger partial charge in [0.05, 0.1) is 23.3 Å². The third kappa shape index (κ3) is 3.51. The second kappa shape index (κ2) is 7.50. The first-order chi connectivity index (χ1) is 13.0. The lowest BCUT2D eigenvalue weighted by molar-refractivity contribution is 0.0506. The molecule has 1 aromatic heterocycles. The second-order valence-electron chi connectivity index (χ2n) is 7.49. The number of nitrogens with zero attached hydrogens (tertiary/aromatic N) is 1. The fourth-order valence-electron chi connectivity index (χ4n) is 4.37. The molecular weight excluding hydrogens is 385 g/mol. The third-order valence-corrected chi connectivity index (χ3v) is 6.42. The summed E-state index contributed by atoms with van der Waals surface area (Å²) in [7, 11) is 1.65. The summed E-state index contributed by atoms with van der Waals surface area (Å²) in [6, 6.07) is 3.80. The molecule has 144 valence electrons. The van der Waals surface area contributed by atoms with Gasteiger partial charge in [-0.1, -0.05) is 35.7 Å². The molecule has 1 aliphatic heterocycles. The summed E-state index contributed by atoms with van der Waals surface area (Å²) in [6.45, 7) is 0. The number of pyridine rings is 1. The van der Waals surface area contributed by atoms with Crippen LogP contribution in [0.25, 0.3) is 0 Å². The minimum Gasteiger partial charge on any atom is -0.493 e. The lowest BCUT2D eigenvalue weighted by Gasteiger charge is -2.32. The number of ether oxygens (including phenoxy) is 2. The highest BCUT2D eigenvalue weighted by Gasteiger charge is 2.43. The van der Waals surface area contributed by atoms with E-state index in [2.05, 4.69) is 4.98 Å². The Morgan fingerprint density at radius 1 is 1.19 bits per heavy atom. The van der Waals surface area contributed by atoms with Crippen molar-refractivity contribution in [3.63, 3.8) is 0 Å². The van der Waals surface area contributed by atoms with E-state index in [0.29, 0.717) is 22.0 Å². The van der Waals surface area contributed by atoms with E-state index in [4.69, 9.17) is 32.7 Å². The van der Waals surface area contributed by atoms with Gasteiger partial charge in [-0.15, -0.1) is 0 Å². The summed E-state index contributed by atoms with van der Waals surface area (Å²) in [4.78, 5) is 3.98. The van der Waals surface area contributed by atoms with Crippen LogP contribution in [0, 0.1) is 0 Å². The van der Waals surface area contributed by atoms with Crippen molar-refractivity contribution >= 4 is 23.2 Å². The molecule has 1 aromatic carbocycles. The van der Waals surface area contributed by atoms with E-state index in [9.17, 15) is 5.11 Å². The molecule has 1 N–H and O–H groups in total. The maximum atomic E-state index is 11.0. The predicted molar refractivity (Wildman–Crippen MR) is 106 cm³/mol. The summed E-state index contributed by atoms with van der Waals surface area (Å²) >= 11 is 12.5. The molecule has 1 spiro atoms. The van der Waals surface area contributed by atoms with Crippen molar-refractivity contribution in [1.29, 1.82) is 0 Å². The highest BCUT2D eigenvalue weighted by atomic mass is 35.5. The van der Waals surface area contributed by atoms with Gasteiger partial charge in [-0.25, -0.2) is 0 Å². The topological polar surface area (TPSA) is 51.6 Å². The number of hydrogen-bond donors (Lipinski definition) is 1. The number of fused-ring (bicyclic) bond motifs is 1. The molecule has 0 amide bonds. The number of aromatic nitrogens is 1. The van der Waals surface area contributed by atoms with Gasteiger partial charge in [0.1, 0.15) is 5.60 Å². The molecule has 1 saturated carbocycles. The van der Waals surface area contributed by atoms with Crippen LogP contribution in [-0.4, -0.2) is 22.8 Å². The Labute approximate surface area is 169 Å². The minimum absolute atomic E-state index is 0.157. The van der Waals surface area contributed by atoms with Crippen molar-refractivity contribution in [2.24, 2.45) is 0 Å². The first-order valence-corrected chi connectivity index (χ1v) is 10.1. The van der Waals surface area contributed by atoms with Crippen molar-refractivity contribution < 1.29 is 14.6 Å². The monoisotopic (exact) mass is 407 g/mol. The number of halogens is 2. The summed E-state index contributed by atoms with van der Waals surface area (Å²) in [5.74, 6) is 1.51. The number of methoxy groups -OCH3 is 1. The highest BCUT2D eigenvalue weighted by Crippen LogP contribution is 2.50. The molecule has 1 aliphatic carbocycles. The molecule has 4 rings (SSSR count). The Bertz CT molecular complexity index is 829. The van der Waals surface area contributed by atoms with Gasteiger partial charge in [0.15, 0.2) is 11.5 Å². The van der Waals surface area contributed by atoms with Gasteiger partial charge in [-0.2, -0.15) is 0 Å². The van der Waals surface area contributed by atoms with Gasteiger partial charge < -0.3 is 14.6 Å².